The van der Waals surface area contributed by atoms with Gasteiger partial charge in [-0.2, -0.15) is 0 Å². The molecule has 0 radical (unpaired) electrons. The zero-order valence-corrected chi connectivity index (χ0v) is 11.3. The Morgan fingerprint density at radius 2 is 2.15 bits per heavy atom. The molecule has 0 unspecified atom stereocenters. The molecule has 0 fully saturated rings. The van der Waals surface area contributed by atoms with Gasteiger partial charge in [-0.1, -0.05) is 17.3 Å². The molecule has 3 aromatic rings. The molecule has 0 atom stereocenters. The second kappa shape index (κ2) is 4.52. The van der Waals surface area contributed by atoms with Crippen LogP contribution in [0.5, 0.6) is 0 Å². The first-order valence-electron chi connectivity index (χ1n) is 6.31. The number of hydrogen-bond donors (Lipinski definition) is 1. The van der Waals surface area contributed by atoms with Crippen molar-refractivity contribution in [1.82, 2.24) is 9.72 Å². The highest BCUT2D eigenvalue weighted by Gasteiger charge is 2.15. The summed E-state index contributed by atoms with van der Waals surface area (Å²) >= 11 is 0. The SMILES string of the molecule is Cc1noc(C)c1Cn1ccc2cccc(C(=O)O)c21. The van der Waals surface area contributed by atoms with Crippen LogP contribution in [0.15, 0.2) is 35.0 Å². The number of fused-ring (bicyclic) bond motifs is 1. The molecule has 2 aromatic heterocycles. The van der Waals surface area contributed by atoms with Crippen molar-refractivity contribution < 1.29 is 14.4 Å². The molecule has 0 amide bonds. The average Bonchev–Trinajstić information content (AvgIpc) is 2.97. The summed E-state index contributed by atoms with van der Waals surface area (Å²) < 4.78 is 7.08. The van der Waals surface area contributed by atoms with Crippen LogP contribution >= 0.6 is 0 Å². The minimum absolute atomic E-state index is 0.305. The second-order valence-electron chi connectivity index (χ2n) is 4.79. The van der Waals surface area contributed by atoms with E-state index in [0.717, 1.165) is 27.9 Å². The average molecular weight is 270 g/mol. The number of carbonyl (C=O) groups is 1. The van der Waals surface area contributed by atoms with Crippen molar-refractivity contribution in [3.63, 3.8) is 0 Å². The zero-order valence-electron chi connectivity index (χ0n) is 11.3. The molecule has 1 N–H and O–H groups in total. The summed E-state index contributed by atoms with van der Waals surface area (Å²) in [6, 6.07) is 7.20. The molecule has 0 spiro atoms. The minimum atomic E-state index is -0.922. The highest BCUT2D eigenvalue weighted by Crippen LogP contribution is 2.23. The Balaban J connectivity index is 2.15. The van der Waals surface area contributed by atoms with E-state index in [0.29, 0.717) is 12.1 Å². The Bertz CT molecular complexity index is 779. The third-order valence-electron chi connectivity index (χ3n) is 3.53. The topological polar surface area (TPSA) is 68.3 Å². The van der Waals surface area contributed by atoms with Gasteiger partial charge in [-0.05, 0) is 26.0 Å². The molecule has 20 heavy (non-hydrogen) atoms. The van der Waals surface area contributed by atoms with Crippen LogP contribution in [0.2, 0.25) is 0 Å². The van der Waals surface area contributed by atoms with Gasteiger partial charge in [-0.3, -0.25) is 0 Å². The van der Waals surface area contributed by atoms with Crippen LogP contribution in [0.1, 0.15) is 27.4 Å². The van der Waals surface area contributed by atoms with Crippen LogP contribution in [0, 0.1) is 13.8 Å². The maximum absolute atomic E-state index is 11.4. The Morgan fingerprint density at radius 3 is 2.80 bits per heavy atom. The molecule has 2 heterocycles. The molecule has 3 rings (SSSR count). The van der Waals surface area contributed by atoms with E-state index in [4.69, 9.17) is 4.52 Å². The fourth-order valence-electron chi connectivity index (χ4n) is 2.46. The molecule has 0 aliphatic rings. The van der Waals surface area contributed by atoms with Crippen molar-refractivity contribution in [2.75, 3.05) is 0 Å². The summed E-state index contributed by atoms with van der Waals surface area (Å²) in [5, 5.41) is 14.2. The maximum Gasteiger partial charge on any atom is 0.337 e. The summed E-state index contributed by atoms with van der Waals surface area (Å²) in [6.45, 7) is 4.30. The van der Waals surface area contributed by atoms with Gasteiger partial charge in [0.2, 0.25) is 0 Å². The van der Waals surface area contributed by atoms with Crippen molar-refractivity contribution in [3.8, 4) is 0 Å². The highest BCUT2D eigenvalue weighted by atomic mass is 16.5. The first-order valence-corrected chi connectivity index (χ1v) is 6.31. The molecule has 0 aliphatic heterocycles. The number of carboxylic acids is 1. The van der Waals surface area contributed by atoms with Gasteiger partial charge in [0.15, 0.2) is 0 Å². The smallest absolute Gasteiger partial charge is 0.337 e. The van der Waals surface area contributed by atoms with Crippen LogP contribution in [0.25, 0.3) is 10.9 Å². The van der Waals surface area contributed by atoms with Crippen molar-refractivity contribution in [3.05, 3.63) is 53.0 Å². The lowest BCUT2D eigenvalue weighted by molar-refractivity contribution is 0.0698. The van der Waals surface area contributed by atoms with E-state index >= 15 is 0 Å². The minimum Gasteiger partial charge on any atom is -0.478 e. The fraction of sp³-hybridized carbons (Fsp3) is 0.200. The van der Waals surface area contributed by atoms with E-state index in [1.165, 1.54) is 0 Å². The molecule has 0 bridgehead atoms. The van der Waals surface area contributed by atoms with Crippen LogP contribution in [-0.2, 0) is 6.54 Å². The predicted molar refractivity (Wildman–Crippen MR) is 74.0 cm³/mol. The van der Waals surface area contributed by atoms with Gasteiger partial charge in [0.1, 0.15) is 5.76 Å². The molecular formula is C15H14N2O3. The summed E-state index contributed by atoms with van der Waals surface area (Å²) in [4.78, 5) is 11.4. The van der Waals surface area contributed by atoms with Crippen molar-refractivity contribution >= 4 is 16.9 Å². The monoisotopic (exact) mass is 270 g/mol. The fourth-order valence-corrected chi connectivity index (χ4v) is 2.46. The van der Waals surface area contributed by atoms with E-state index < -0.39 is 5.97 Å². The molecule has 5 heteroatoms. The first kappa shape index (κ1) is 12.5. The second-order valence-corrected chi connectivity index (χ2v) is 4.79. The maximum atomic E-state index is 11.4. The van der Waals surface area contributed by atoms with Gasteiger partial charge in [0.25, 0.3) is 0 Å². The van der Waals surface area contributed by atoms with E-state index in [9.17, 15) is 9.90 Å². The number of aromatic carboxylic acids is 1. The van der Waals surface area contributed by atoms with Gasteiger partial charge in [0.05, 0.1) is 23.3 Å². The number of hydrogen-bond acceptors (Lipinski definition) is 3. The molecule has 0 aliphatic carbocycles. The Labute approximate surface area is 115 Å². The molecule has 0 saturated carbocycles. The van der Waals surface area contributed by atoms with Gasteiger partial charge in [-0.15, -0.1) is 0 Å². The van der Waals surface area contributed by atoms with Crippen molar-refractivity contribution in [2.24, 2.45) is 0 Å². The molecular weight excluding hydrogens is 256 g/mol. The Morgan fingerprint density at radius 1 is 1.35 bits per heavy atom. The molecule has 5 nitrogen and oxygen atoms in total. The van der Waals surface area contributed by atoms with Gasteiger partial charge in [0, 0.05) is 17.1 Å². The number of para-hydroxylation sites is 1. The molecule has 1 aromatic carbocycles. The third-order valence-corrected chi connectivity index (χ3v) is 3.53. The van der Waals surface area contributed by atoms with Crippen molar-refractivity contribution in [1.29, 1.82) is 0 Å². The Hall–Kier alpha value is -2.56. The number of aromatic nitrogens is 2. The number of carboxylic acid groups (broad SMARTS) is 1. The number of nitrogens with zero attached hydrogens (tertiary/aromatic N) is 2. The van der Waals surface area contributed by atoms with E-state index in [1.807, 2.05) is 36.7 Å². The Kier molecular flexibility index (Phi) is 2.82. The lowest BCUT2D eigenvalue weighted by Gasteiger charge is -2.07. The number of rotatable bonds is 3. The lowest BCUT2D eigenvalue weighted by atomic mass is 10.1. The number of benzene rings is 1. The van der Waals surface area contributed by atoms with Gasteiger partial charge >= 0.3 is 5.97 Å². The molecule has 102 valence electrons. The quantitative estimate of drug-likeness (QED) is 0.794. The molecule has 0 saturated heterocycles. The van der Waals surface area contributed by atoms with Crippen LogP contribution in [-0.4, -0.2) is 20.8 Å². The van der Waals surface area contributed by atoms with Crippen LogP contribution < -0.4 is 0 Å². The van der Waals surface area contributed by atoms with E-state index in [2.05, 4.69) is 5.16 Å². The van der Waals surface area contributed by atoms with Gasteiger partial charge in [-0.25, -0.2) is 4.79 Å². The normalized spacial score (nSPS) is 11.1. The summed E-state index contributed by atoms with van der Waals surface area (Å²) in [5.41, 5.74) is 2.85. The third kappa shape index (κ3) is 1.87. The highest BCUT2D eigenvalue weighted by molar-refractivity contribution is 6.02. The summed E-state index contributed by atoms with van der Waals surface area (Å²) in [7, 11) is 0. The first-order chi connectivity index (χ1) is 9.58. The largest absolute Gasteiger partial charge is 0.478 e. The zero-order chi connectivity index (χ0) is 14.3. The predicted octanol–water partition coefficient (Wildman–Crippen LogP) is 2.99. The number of aryl methyl sites for hydroxylation is 2. The van der Waals surface area contributed by atoms with E-state index in [-0.39, 0.29) is 0 Å². The summed E-state index contributed by atoms with van der Waals surface area (Å²) in [5.74, 6) is -0.161. The van der Waals surface area contributed by atoms with Gasteiger partial charge < -0.3 is 14.2 Å². The lowest BCUT2D eigenvalue weighted by Crippen LogP contribution is -2.05. The van der Waals surface area contributed by atoms with Crippen molar-refractivity contribution in [2.45, 2.75) is 20.4 Å². The van der Waals surface area contributed by atoms with Crippen LogP contribution in [0.4, 0.5) is 0 Å². The van der Waals surface area contributed by atoms with Crippen LogP contribution in [0.3, 0.4) is 0 Å². The summed E-state index contributed by atoms with van der Waals surface area (Å²) in [6.07, 6.45) is 1.89. The standard InChI is InChI=1S/C15H14N2O3/c1-9-13(10(2)20-16-9)8-17-7-6-11-4-3-5-12(14(11)17)15(18)19/h3-7H,8H2,1-2H3,(H,18,19). The van der Waals surface area contributed by atoms with E-state index in [1.54, 1.807) is 12.1 Å².